The largest absolute Gasteiger partial charge is 0.481 e. The fourth-order valence-corrected chi connectivity index (χ4v) is 1.82. The zero-order valence-corrected chi connectivity index (χ0v) is 10.7. The van der Waals surface area contributed by atoms with Gasteiger partial charge in [-0.05, 0) is 18.9 Å². The maximum absolute atomic E-state index is 10.7. The molecule has 0 aliphatic rings. The highest BCUT2D eigenvalue weighted by Crippen LogP contribution is 2.05. The molecule has 2 aromatic rings. The molecular formula is C14H15N3O2. The average Bonchev–Trinajstić information content (AvgIpc) is 2.36. The van der Waals surface area contributed by atoms with E-state index in [9.17, 15) is 4.79 Å². The van der Waals surface area contributed by atoms with E-state index in [2.05, 4.69) is 15.0 Å². The summed E-state index contributed by atoms with van der Waals surface area (Å²) >= 11 is 0. The lowest BCUT2D eigenvalue weighted by Crippen LogP contribution is -2.10. The Morgan fingerprint density at radius 2 is 1.74 bits per heavy atom. The fraction of sp³-hybridized carbons (Fsp3) is 0.286. The summed E-state index contributed by atoms with van der Waals surface area (Å²) in [5, 5.41) is 8.76. The molecule has 0 radical (unpaired) electrons. The normalized spacial score (nSPS) is 10.4. The van der Waals surface area contributed by atoms with Gasteiger partial charge in [-0.3, -0.25) is 4.79 Å². The first kappa shape index (κ1) is 13.1. The molecule has 19 heavy (non-hydrogen) atoms. The second-order valence-corrected chi connectivity index (χ2v) is 4.27. The lowest BCUT2D eigenvalue weighted by Gasteiger charge is -2.04. The fourth-order valence-electron chi connectivity index (χ4n) is 1.82. The van der Waals surface area contributed by atoms with E-state index in [4.69, 9.17) is 5.11 Å². The van der Waals surface area contributed by atoms with Gasteiger partial charge < -0.3 is 5.11 Å². The molecular weight excluding hydrogens is 242 g/mol. The van der Waals surface area contributed by atoms with Crippen molar-refractivity contribution in [2.45, 2.75) is 26.2 Å². The second kappa shape index (κ2) is 6.04. The topological polar surface area (TPSA) is 76.0 Å². The zero-order valence-electron chi connectivity index (χ0n) is 10.7. The minimum atomic E-state index is -0.931. The highest BCUT2D eigenvalue weighted by molar-refractivity contribution is 5.68. The molecule has 0 spiro atoms. The van der Waals surface area contributed by atoms with Gasteiger partial charge in [-0.25, -0.2) is 15.0 Å². The van der Waals surface area contributed by atoms with Gasteiger partial charge in [0.25, 0.3) is 0 Å². The van der Waals surface area contributed by atoms with Crippen molar-refractivity contribution < 1.29 is 9.90 Å². The summed E-state index contributed by atoms with van der Waals surface area (Å²) in [6.45, 7) is 1.75. The molecule has 1 aromatic carbocycles. The number of carboxylic acids is 1. The Kier molecular flexibility index (Phi) is 4.18. The van der Waals surface area contributed by atoms with E-state index in [1.807, 2.05) is 30.3 Å². The van der Waals surface area contributed by atoms with Crippen molar-refractivity contribution in [2.75, 3.05) is 0 Å². The third-order valence-electron chi connectivity index (χ3n) is 2.63. The van der Waals surface area contributed by atoms with Gasteiger partial charge in [-0.2, -0.15) is 0 Å². The van der Waals surface area contributed by atoms with Crippen molar-refractivity contribution in [1.29, 1.82) is 0 Å². The first-order valence-electron chi connectivity index (χ1n) is 6.09. The molecule has 1 aromatic heterocycles. The molecule has 1 N–H and O–H groups in total. The van der Waals surface area contributed by atoms with Gasteiger partial charge in [0.05, 0.1) is 0 Å². The van der Waals surface area contributed by atoms with Crippen molar-refractivity contribution in [1.82, 2.24) is 15.0 Å². The Hall–Kier alpha value is -2.30. The van der Waals surface area contributed by atoms with E-state index in [1.54, 1.807) is 6.92 Å². The Morgan fingerprint density at radius 3 is 2.42 bits per heavy atom. The van der Waals surface area contributed by atoms with Crippen molar-refractivity contribution >= 4 is 5.97 Å². The number of hydrogen-bond donors (Lipinski definition) is 1. The lowest BCUT2D eigenvalue weighted by atomic mass is 10.1. The van der Waals surface area contributed by atoms with Crippen molar-refractivity contribution in [3.05, 3.63) is 53.4 Å². The Balaban J connectivity index is 2.07. The summed E-state index contributed by atoms with van der Waals surface area (Å²) in [7, 11) is 0. The summed E-state index contributed by atoms with van der Waals surface area (Å²) in [6.07, 6.45) is 1.35. The molecule has 0 aliphatic carbocycles. The van der Waals surface area contributed by atoms with Gasteiger partial charge in [-0.15, -0.1) is 0 Å². The van der Waals surface area contributed by atoms with Crippen LogP contribution in [0.3, 0.4) is 0 Å². The maximum atomic E-state index is 10.7. The quantitative estimate of drug-likeness (QED) is 0.880. The van der Waals surface area contributed by atoms with E-state index >= 15 is 0 Å². The van der Waals surface area contributed by atoms with Crippen LogP contribution in [-0.4, -0.2) is 26.0 Å². The van der Waals surface area contributed by atoms with Gasteiger partial charge in [-0.1, -0.05) is 30.3 Å². The SMILES string of the molecule is Cc1nc(CCc2ccccc2)nc(CC(=O)O)n1. The standard InChI is InChI=1S/C14H15N3O2/c1-10-15-12(17-13(16-10)9-14(18)19)8-7-11-5-3-2-4-6-11/h2-6H,7-9H2,1H3,(H,18,19). The first-order chi connectivity index (χ1) is 9.13. The van der Waals surface area contributed by atoms with E-state index < -0.39 is 5.97 Å². The minimum absolute atomic E-state index is 0.165. The van der Waals surface area contributed by atoms with Crippen molar-refractivity contribution in [3.63, 3.8) is 0 Å². The van der Waals surface area contributed by atoms with Gasteiger partial charge in [0.15, 0.2) is 0 Å². The summed E-state index contributed by atoms with van der Waals surface area (Å²) in [5.74, 6) is 0.601. The molecule has 98 valence electrons. The molecule has 0 fully saturated rings. The second-order valence-electron chi connectivity index (χ2n) is 4.27. The van der Waals surface area contributed by atoms with Gasteiger partial charge in [0, 0.05) is 6.42 Å². The van der Waals surface area contributed by atoms with Crippen molar-refractivity contribution in [2.24, 2.45) is 0 Å². The number of hydrogen-bond acceptors (Lipinski definition) is 4. The van der Waals surface area contributed by atoms with Crippen LogP contribution < -0.4 is 0 Å². The molecule has 0 bridgehead atoms. The number of carboxylic acid groups (broad SMARTS) is 1. The summed E-state index contributed by atoms with van der Waals surface area (Å²) in [4.78, 5) is 23.1. The van der Waals surface area contributed by atoms with Crippen LogP contribution in [0.5, 0.6) is 0 Å². The van der Waals surface area contributed by atoms with Crippen LogP contribution in [0.2, 0.25) is 0 Å². The van der Waals surface area contributed by atoms with E-state index in [0.717, 1.165) is 6.42 Å². The summed E-state index contributed by atoms with van der Waals surface area (Å²) in [6, 6.07) is 10.0. The molecule has 5 heteroatoms. The zero-order chi connectivity index (χ0) is 13.7. The van der Waals surface area contributed by atoms with Gasteiger partial charge in [0.2, 0.25) is 0 Å². The van der Waals surface area contributed by atoms with Crippen LogP contribution in [0, 0.1) is 6.92 Å². The van der Waals surface area contributed by atoms with Crippen molar-refractivity contribution in [3.8, 4) is 0 Å². The highest BCUT2D eigenvalue weighted by atomic mass is 16.4. The smallest absolute Gasteiger partial charge is 0.311 e. The molecule has 0 atom stereocenters. The predicted molar refractivity (Wildman–Crippen MR) is 69.8 cm³/mol. The molecule has 0 saturated carbocycles. The Labute approximate surface area is 111 Å². The van der Waals surface area contributed by atoms with Crippen LogP contribution in [0.15, 0.2) is 30.3 Å². The molecule has 5 nitrogen and oxygen atoms in total. The molecule has 0 aliphatic heterocycles. The number of rotatable bonds is 5. The number of aliphatic carboxylic acids is 1. The highest BCUT2D eigenvalue weighted by Gasteiger charge is 2.08. The van der Waals surface area contributed by atoms with Crippen LogP contribution >= 0.6 is 0 Å². The third kappa shape index (κ3) is 4.13. The van der Waals surface area contributed by atoms with Gasteiger partial charge >= 0.3 is 5.97 Å². The van der Waals surface area contributed by atoms with Crippen LogP contribution in [-0.2, 0) is 24.1 Å². The van der Waals surface area contributed by atoms with Crippen LogP contribution in [0.4, 0.5) is 0 Å². The Bertz CT molecular complexity index is 570. The number of aryl methyl sites for hydroxylation is 3. The van der Waals surface area contributed by atoms with Crippen LogP contribution in [0.25, 0.3) is 0 Å². The predicted octanol–water partition coefficient (Wildman–Crippen LogP) is 1.59. The van der Waals surface area contributed by atoms with Crippen LogP contribution in [0.1, 0.15) is 23.0 Å². The number of aromatic nitrogens is 3. The molecule has 0 unspecified atom stereocenters. The third-order valence-corrected chi connectivity index (χ3v) is 2.63. The summed E-state index contributed by atoms with van der Waals surface area (Å²) < 4.78 is 0. The summed E-state index contributed by atoms with van der Waals surface area (Å²) in [5.41, 5.74) is 1.21. The van der Waals surface area contributed by atoms with E-state index in [1.165, 1.54) is 5.56 Å². The minimum Gasteiger partial charge on any atom is -0.481 e. The number of benzene rings is 1. The lowest BCUT2D eigenvalue weighted by molar-refractivity contribution is -0.136. The average molecular weight is 257 g/mol. The number of nitrogens with zero attached hydrogens (tertiary/aromatic N) is 3. The molecule has 2 rings (SSSR count). The van der Waals surface area contributed by atoms with E-state index in [-0.39, 0.29) is 6.42 Å². The monoisotopic (exact) mass is 257 g/mol. The maximum Gasteiger partial charge on any atom is 0.311 e. The van der Waals surface area contributed by atoms with Gasteiger partial charge in [0.1, 0.15) is 23.9 Å². The molecule has 0 amide bonds. The Morgan fingerprint density at radius 1 is 1.05 bits per heavy atom. The molecule has 1 heterocycles. The molecule has 0 saturated heterocycles. The van der Waals surface area contributed by atoms with E-state index in [0.29, 0.717) is 23.9 Å². The first-order valence-corrected chi connectivity index (χ1v) is 6.09. The number of carbonyl (C=O) groups is 1.